The summed E-state index contributed by atoms with van der Waals surface area (Å²) in [5.74, 6) is 0.775. The summed E-state index contributed by atoms with van der Waals surface area (Å²) in [6.45, 7) is 1.94. The van der Waals surface area contributed by atoms with Crippen LogP contribution < -0.4 is 10.1 Å². The Balaban J connectivity index is 2.06. The highest BCUT2D eigenvalue weighted by Gasteiger charge is 2.34. The van der Waals surface area contributed by atoms with Gasteiger partial charge in [-0.15, -0.1) is 0 Å². The molecule has 0 radical (unpaired) electrons. The fourth-order valence-electron chi connectivity index (χ4n) is 2.35. The van der Waals surface area contributed by atoms with E-state index in [9.17, 15) is 15.3 Å². The van der Waals surface area contributed by atoms with Gasteiger partial charge in [-0.25, -0.2) is 0 Å². The number of hydrogen-bond donors (Lipinski definition) is 4. The summed E-state index contributed by atoms with van der Waals surface area (Å²) in [5, 5.41) is 32.6. The van der Waals surface area contributed by atoms with Crippen LogP contribution in [0.3, 0.4) is 0 Å². The Kier molecular flexibility index (Phi) is 4.77. The fourth-order valence-corrected chi connectivity index (χ4v) is 2.35. The molecule has 5 atom stereocenters. The molecule has 1 aromatic carbocycles. The van der Waals surface area contributed by atoms with E-state index >= 15 is 0 Å². The average molecular weight is 279 g/mol. The Morgan fingerprint density at radius 2 is 1.65 bits per heavy atom. The molecule has 0 saturated heterocycles. The first kappa shape index (κ1) is 15.0. The lowest BCUT2D eigenvalue weighted by Gasteiger charge is -2.34. The van der Waals surface area contributed by atoms with Crippen LogP contribution in [0.1, 0.15) is 18.5 Å². The van der Waals surface area contributed by atoms with Gasteiger partial charge >= 0.3 is 0 Å². The van der Waals surface area contributed by atoms with Crippen LogP contribution in [-0.4, -0.2) is 46.8 Å². The third-order valence-corrected chi connectivity index (χ3v) is 3.65. The Morgan fingerprint density at radius 1 is 1.05 bits per heavy atom. The van der Waals surface area contributed by atoms with E-state index in [0.717, 1.165) is 11.3 Å². The summed E-state index contributed by atoms with van der Waals surface area (Å²) in [6.07, 6.45) is 0.0882. The lowest BCUT2D eigenvalue weighted by atomic mass is 9.92. The van der Waals surface area contributed by atoms with Crippen molar-refractivity contribution in [2.75, 3.05) is 7.11 Å². The fraction of sp³-hybridized carbons (Fsp3) is 0.467. The van der Waals surface area contributed by atoms with Gasteiger partial charge in [0.15, 0.2) is 0 Å². The van der Waals surface area contributed by atoms with Gasteiger partial charge in [0, 0.05) is 6.04 Å². The molecule has 1 aromatic rings. The van der Waals surface area contributed by atoms with E-state index in [2.05, 4.69) is 5.32 Å². The molecule has 0 amide bonds. The van der Waals surface area contributed by atoms with Crippen molar-refractivity contribution in [1.82, 2.24) is 5.32 Å². The minimum atomic E-state index is -1.03. The molecule has 0 saturated carbocycles. The molecular formula is C15H21NO4. The SMILES string of the molecule is COc1ccc([C@@H](C)N[C@@H]2[C@H](O)[C@@H](O)C=C[C@H]2O)cc1. The first-order valence-corrected chi connectivity index (χ1v) is 6.65. The predicted octanol–water partition coefficient (Wildman–Crippen LogP) is 0.367. The zero-order valence-corrected chi connectivity index (χ0v) is 11.6. The third kappa shape index (κ3) is 3.19. The number of aliphatic hydroxyl groups excluding tert-OH is 3. The lowest BCUT2D eigenvalue weighted by molar-refractivity contribution is -0.0212. The molecule has 110 valence electrons. The minimum Gasteiger partial charge on any atom is -0.497 e. The van der Waals surface area contributed by atoms with Crippen molar-refractivity contribution in [3.05, 3.63) is 42.0 Å². The molecule has 2 rings (SSSR count). The standard InChI is InChI=1S/C15H21NO4/c1-9(10-3-5-11(20-2)6-4-10)16-14-12(17)7-8-13(18)15(14)19/h3-9,12-19H,1-2H3/t9-,12-,13+,14+,15-/m1/s1. The number of ether oxygens (including phenoxy) is 1. The number of hydrogen-bond acceptors (Lipinski definition) is 5. The zero-order valence-electron chi connectivity index (χ0n) is 11.6. The molecule has 5 heteroatoms. The number of nitrogens with one attached hydrogen (secondary N) is 1. The summed E-state index contributed by atoms with van der Waals surface area (Å²) in [7, 11) is 1.61. The Morgan fingerprint density at radius 3 is 2.25 bits per heavy atom. The minimum absolute atomic E-state index is 0.0751. The average Bonchev–Trinajstić information content (AvgIpc) is 2.47. The monoisotopic (exact) mass is 279 g/mol. The highest BCUT2D eigenvalue weighted by molar-refractivity contribution is 5.29. The van der Waals surface area contributed by atoms with Crippen LogP contribution >= 0.6 is 0 Å². The molecular weight excluding hydrogens is 258 g/mol. The topological polar surface area (TPSA) is 82.0 Å². The summed E-state index contributed by atoms with van der Waals surface area (Å²) >= 11 is 0. The van der Waals surface area contributed by atoms with E-state index in [-0.39, 0.29) is 6.04 Å². The van der Waals surface area contributed by atoms with E-state index in [1.54, 1.807) is 7.11 Å². The van der Waals surface area contributed by atoms with Crippen molar-refractivity contribution in [3.8, 4) is 5.75 Å². The van der Waals surface area contributed by atoms with Gasteiger partial charge in [-0.3, -0.25) is 0 Å². The van der Waals surface area contributed by atoms with E-state index in [4.69, 9.17) is 4.74 Å². The van der Waals surface area contributed by atoms with Crippen LogP contribution in [-0.2, 0) is 0 Å². The van der Waals surface area contributed by atoms with Gasteiger partial charge in [0.25, 0.3) is 0 Å². The van der Waals surface area contributed by atoms with Crippen LogP contribution in [0.5, 0.6) is 5.75 Å². The molecule has 20 heavy (non-hydrogen) atoms. The van der Waals surface area contributed by atoms with E-state index in [0.29, 0.717) is 0 Å². The normalized spacial score (nSPS) is 31.1. The Hall–Kier alpha value is -1.40. The Labute approximate surface area is 118 Å². The largest absolute Gasteiger partial charge is 0.497 e. The maximum absolute atomic E-state index is 9.94. The molecule has 1 aliphatic rings. The van der Waals surface area contributed by atoms with Gasteiger partial charge in [-0.1, -0.05) is 24.3 Å². The Bertz CT molecular complexity index is 459. The van der Waals surface area contributed by atoms with Gasteiger partial charge in [0.2, 0.25) is 0 Å². The number of methoxy groups -OCH3 is 1. The van der Waals surface area contributed by atoms with E-state index in [1.165, 1.54) is 12.2 Å². The summed E-state index contributed by atoms with van der Waals surface area (Å²) in [6, 6.07) is 6.88. The lowest BCUT2D eigenvalue weighted by Crippen LogP contribution is -2.54. The second-order valence-corrected chi connectivity index (χ2v) is 5.04. The molecule has 0 aliphatic heterocycles. The van der Waals surface area contributed by atoms with Crippen molar-refractivity contribution < 1.29 is 20.1 Å². The molecule has 0 unspecified atom stereocenters. The first-order chi connectivity index (χ1) is 9.52. The maximum Gasteiger partial charge on any atom is 0.118 e. The van der Waals surface area contributed by atoms with Gasteiger partial charge < -0.3 is 25.4 Å². The zero-order chi connectivity index (χ0) is 14.7. The van der Waals surface area contributed by atoms with Gasteiger partial charge in [-0.2, -0.15) is 0 Å². The molecule has 0 spiro atoms. The van der Waals surface area contributed by atoms with Gasteiger partial charge in [0.05, 0.1) is 25.4 Å². The second-order valence-electron chi connectivity index (χ2n) is 5.04. The van der Waals surface area contributed by atoms with E-state index in [1.807, 2.05) is 31.2 Å². The molecule has 0 bridgehead atoms. The smallest absolute Gasteiger partial charge is 0.118 e. The van der Waals surface area contributed by atoms with Gasteiger partial charge in [0.1, 0.15) is 11.9 Å². The molecule has 5 nitrogen and oxygen atoms in total. The quantitative estimate of drug-likeness (QED) is 0.599. The predicted molar refractivity (Wildman–Crippen MR) is 75.5 cm³/mol. The van der Waals surface area contributed by atoms with Crippen LogP contribution in [0.2, 0.25) is 0 Å². The van der Waals surface area contributed by atoms with Crippen molar-refractivity contribution >= 4 is 0 Å². The first-order valence-electron chi connectivity index (χ1n) is 6.65. The van der Waals surface area contributed by atoms with Crippen LogP contribution in [0.4, 0.5) is 0 Å². The van der Waals surface area contributed by atoms with Crippen molar-refractivity contribution in [2.24, 2.45) is 0 Å². The summed E-state index contributed by atoms with van der Waals surface area (Å²) in [5.41, 5.74) is 1.01. The molecule has 4 N–H and O–H groups in total. The second kappa shape index (κ2) is 6.37. The van der Waals surface area contributed by atoms with Crippen LogP contribution in [0.25, 0.3) is 0 Å². The molecule has 0 aromatic heterocycles. The van der Waals surface area contributed by atoms with Crippen LogP contribution in [0.15, 0.2) is 36.4 Å². The van der Waals surface area contributed by atoms with Crippen LogP contribution in [0, 0.1) is 0 Å². The highest BCUT2D eigenvalue weighted by Crippen LogP contribution is 2.21. The number of rotatable bonds is 4. The number of benzene rings is 1. The highest BCUT2D eigenvalue weighted by atomic mass is 16.5. The molecule has 0 fully saturated rings. The third-order valence-electron chi connectivity index (χ3n) is 3.65. The number of aliphatic hydroxyl groups is 3. The molecule has 1 aliphatic carbocycles. The summed E-state index contributed by atoms with van der Waals surface area (Å²) < 4.78 is 5.10. The maximum atomic E-state index is 9.94. The summed E-state index contributed by atoms with van der Waals surface area (Å²) in [4.78, 5) is 0. The van der Waals surface area contributed by atoms with Crippen molar-refractivity contribution in [1.29, 1.82) is 0 Å². The van der Waals surface area contributed by atoms with Gasteiger partial charge in [-0.05, 0) is 24.6 Å². The molecule has 0 heterocycles. The van der Waals surface area contributed by atoms with E-state index < -0.39 is 24.4 Å². The van der Waals surface area contributed by atoms with Crippen molar-refractivity contribution in [2.45, 2.75) is 37.3 Å². The van der Waals surface area contributed by atoms with Crippen molar-refractivity contribution in [3.63, 3.8) is 0 Å².